The molecule has 0 spiro atoms. The lowest BCUT2D eigenvalue weighted by Crippen LogP contribution is -2.29. The van der Waals surface area contributed by atoms with Crippen molar-refractivity contribution < 1.29 is 23.1 Å². The first-order chi connectivity index (χ1) is 17.5. The zero-order valence-electron chi connectivity index (χ0n) is 21.3. The summed E-state index contributed by atoms with van der Waals surface area (Å²) in [6.45, 7) is 6.55. The van der Waals surface area contributed by atoms with Gasteiger partial charge in [0.2, 0.25) is 0 Å². The summed E-state index contributed by atoms with van der Waals surface area (Å²) in [5.74, 6) is -0.203. The Morgan fingerprint density at radius 2 is 1.97 bits per heavy atom. The lowest BCUT2D eigenvalue weighted by Gasteiger charge is -2.21. The van der Waals surface area contributed by atoms with Crippen LogP contribution >= 0.6 is 0 Å². The Hall–Kier alpha value is -3.77. The smallest absolute Gasteiger partial charge is 0.270 e. The molecule has 0 aliphatic heterocycles. The highest BCUT2D eigenvalue weighted by molar-refractivity contribution is 7.92. The molecule has 0 bridgehead atoms. The van der Waals surface area contributed by atoms with Crippen LogP contribution in [0.5, 0.6) is 5.75 Å². The van der Waals surface area contributed by atoms with Gasteiger partial charge in [-0.15, -0.1) is 0 Å². The van der Waals surface area contributed by atoms with Crippen LogP contribution in [0.25, 0.3) is 17.0 Å². The summed E-state index contributed by atoms with van der Waals surface area (Å²) >= 11 is 0. The standard InChI is InChI=1S/C25H30N6O5S/c1-16(17-8-6-7-9-26-17)28-24(33)19-12-18(29-31(19)10-11-32)20-14-27-23-13-21(36-5)22(15-30(20)23)37(34,35)25(2,3)4/h6-9,12-16,32H,10-11H2,1-5H3,(H,28,33)/t16-/m1/s1. The van der Waals surface area contributed by atoms with E-state index in [9.17, 15) is 18.3 Å². The number of carbonyl (C=O) groups is 1. The molecule has 11 nitrogen and oxygen atoms in total. The topological polar surface area (TPSA) is 141 Å². The lowest BCUT2D eigenvalue weighted by atomic mass is 10.2. The van der Waals surface area contributed by atoms with Gasteiger partial charge in [0.05, 0.1) is 48.6 Å². The summed E-state index contributed by atoms with van der Waals surface area (Å²) in [6.07, 6.45) is 4.66. The van der Waals surface area contributed by atoms with E-state index in [0.717, 1.165) is 0 Å². The number of aromatic nitrogens is 5. The van der Waals surface area contributed by atoms with Gasteiger partial charge in [0.25, 0.3) is 5.91 Å². The van der Waals surface area contributed by atoms with Gasteiger partial charge in [-0.25, -0.2) is 13.4 Å². The molecule has 0 unspecified atom stereocenters. The molecule has 4 aromatic heterocycles. The number of amides is 1. The Morgan fingerprint density at radius 1 is 1.22 bits per heavy atom. The fraction of sp³-hybridized carbons (Fsp3) is 0.360. The molecule has 2 N–H and O–H groups in total. The number of hydrogen-bond acceptors (Lipinski definition) is 8. The molecule has 0 aromatic carbocycles. The Bertz CT molecular complexity index is 1540. The van der Waals surface area contributed by atoms with Crippen LogP contribution in [0.1, 0.15) is 49.9 Å². The SMILES string of the molecule is COc1cc2ncc(-c3cc(C(=O)N[C@H](C)c4ccccn4)n(CCO)n3)n2cc1S(=O)(=O)C(C)(C)C. The number of methoxy groups -OCH3 is 1. The second-order valence-electron chi connectivity index (χ2n) is 9.50. The fourth-order valence-electron chi connectivity index (χ4n) is 3.83. The molecular weight excluding hydrogens is 496 g/mol. The minimum Gasteiger partial charge on any atom is -0.495 e. The number of rotatable bonds is 8. The van der Waals surface area contributed by atoms with E-state index < -0.39 is 20.5 Å². The highest BCUT2D eigenvalue weighted by Crippen LogP contribution is 2.34. The molecule has 4 heterocycles. The number of sulfone groups is 1. The second-order valence-corrected chi connectivity index (χ2v) is 12.2. The van der Waals surface area contributed by atoms with Gasteiger partial charge >= 0.3 is 0 Å². The quantitative estimate of drug-likeness (QED) is 0.357. The molecule has 196 valence electrons. The highest BCUT2D eigenvalue weighted by Gasteiger charge is 2.34. The van der Waals surface area contributed by atoms with Crippen molar-refractivity contribution in [2.45, 2.75) is 49.9 Å². The van der Waals surface area contributed by atoms with Crippen molar-refractivity contribution in [3.05, 3.63) is 60.3 Å². The third-order valence-corrected chi connectivity index (χ3v) is 8.45. The fourth-order valence-corrected chi connectivity index (χ4v) is 5.15. The van der Waals surface area contributed by atoms with Crippen LogP contribution in [0.4, 0.5) is 0 Å². The number of nitrogens with zero attached hydrogens (tertiary/aromatic N) is 5. The van der Waals surface area contributed by atoms with Gasteiger partial charge in [-0.05, 0) is 45.9 Å². The van der Waals surface area contributed by atoms with Crippen LogP contribution in [0.2, 0.25) is 0 Å². The van der Waals surface area contributed by atoms with E-state index in [-0.39, 0.29) is 35.5 Å². The van der Waals surface area contributed by atoms with Gasteiger partial charge in [-0.1, -0.05) is 6.07 Å². The van der Waals surface area contributed by atoms with E-state index in [1.807, 2.05) is 19.1 Å². The number of imidazole rings is 1. The first-order valence-electron chi connectivity index (χ1n) is 11.7. The average Bonchev–Trinajstić information content (AvgIpc) is 3.47. The van der Waals surface area contributed by atoms with Crippen molar-refractivity contribution in [2.24, 2.45) is 0 Å². The third-order valence-electron chi connectivity index (χ3n) is 5.96. The third kappa shape index (κ3) is 4.94. The molecule has 0 saturated heterocycles. The molecule has 0 aliphatic rings. The minimum absolute atomic E-state index is 0.0196. The van der Waals surface area contributed by atoms with Gasteiger partial charge in [0, 0.05) is 18.5 Å². The Labute approximate surface area is 215 Å². The van der Waals surface area contributed by atoms with Crippen LogP contribution in [-0.2, 0) is 16.4 Å². The van der Waals surface area contributed by atoms with Crippen molar-refractivity contribution in [1.82, 2.24) is 29.5 Å². The van der Waals surface area contributed by atoms with Gasteiger partial charge in [-0.3, -0.25) is 18.9 Å². The minimum atomic E-state index is -3.75. The number of aliphatic hydroxyl groups is 1. The predicted octanol–water partition coefficient (Wildman–Crippen LogP) is 2.66. The van der Waals surface area contributed by atoms with E-state index in [0.29, 0.717) is 22.7 Å². The van der Waals surface area contributed by atoms with Crippen molar-refractivity contribution in [2.75, 3.05) is 13.7 Å². The Balaban J connectivity index is 1.78. The van der Waals surface area contributed by atoms with Crippen LogP contribution < -0.4 is 10.1 Å². The lowest BCUT2D eigenvalue weighted by molar-refractivity contribution is 0.0926. The van der Waals surface area contributed by atoms with E-state index in [1.54, 1.807) is 55.8 Å². The largest absolute Gasteiger partial charge is 0.495 e. The molecular formula is C25H30N6O5S. The van der Waals surface area contributed by atoms with E-state index in [4.69, 9.17) is 4.74 Å². The molecule has 12 heteroatoms. The summed E-state index contributed by atoms with van der Waals surface area (Å²) in [5, 5.41) is 17.0. The number of pyridine rings is 2. The molecule has 0 saturated carbocycles. The van der Waals surface area contributed by atoms with Gasteiger partial charge in [-0.2, -0.15) is 5.10 Å². The molecule has 1 amide bonds. The predicted molar refractivity (Wildman–Crippen MR) is 137 cm³/mol. The van der Waals surface area contributed by atoms with Crippen LogP contribution in [0.3, 0.4) is 0 Å². The molecule has 0 radical (unpaired) electrons. The Kier molecular flexibility index (Phi) is 7.07. The zero-order chi connectivity index (χ0) is 27.0. The maximum absolute atomic E-state index is 13.3. The van der Waals surface area contributed by atoms with Gasteiger partial charge in [0.1, 0.15) is 27.7 Å². The van der Waals surface area contributed by atoms with Crippen LogP contribution in [0.15, 0.2) is 53.8 Å². The average molecular weight is 527 g/mol. The normalized spacial score (nSPS) is 13.0. The van der Waals surface area contributed by atoms with Crippen LogP contribution in [0, 0.1) is 0 Å². The summed E-state index contributed by atoms with van der Waals surface area (Å²) < 4.78 is 33.9. The van der Waals surface area contributed by atoms with E-state index in [1.165, 1.54) is 18.0 Å². The number of aliphatic hydroxyl groups excluding tert-OH is 1. The monoisotopic (exact) mass is 526 g/mol. The molecule has 0 aliphatic carbocycles. The zero-order valence-corrected chi connectivity index (χ0v) is 22.2. The summed E-state index contributed by atoms with van der Waals surface area (Å²) in [5.41, 5.74) is 2.25. The molecule has 4 aromatic rings. The van der Waals surface area contributed by atoms with Crippen LogP contribution in [-0.4, -0.2) is 62.0 Å². The van der Waals surface area contributed by atoms with Crippen molar-refractivity contribution in [3.8, 4) is 17.1 Å². The summed E-state index contributed by atoms with van der Waals surface area (Å²) in [6, 6.07) is 8.23. The first-order valence-corrected chi connectivity index (χ1v) is 13.2. The second kappa shape index (κ2) is 9.94. The van der Waals surface area contributed by atoms with E-state index in [2.05, 4.69) is 20.4 Å². The Morgan fingerprint density at radius 3 is 2.59 bits per heavy atom. The highest BCUT2D eigenvalue weighted by atomic mass is 32.2. The molecule has 37 heavy (non-hydrogen) atoms. The number of ether oxygens (including phenoxy) is 1. The molecule has 4 rings (SSSR count). The van der Waals surface area contributed by atoms with E-state index >= 15 is 0 Å². The summed E-state index contributed by atoms with van der Waals surface area (Å²) in [7, 11) is -2.35. The van der Waals surface area contributed by atoms with Crippen molar-refractivity contribution >= 4 is 21.4 Å². The van der Waals surface area contributed by atoms with Gasteiger partial charge in [0.15, 0.2) is 9.84 Å². The number of fused-ring (bicyclic) bond motifs is 1. The van der Waals surface area contributed by atoms with Crippen molar-refractivity contribution in [1.29, 1.82) is 0 Å². The maximum Gasteiger partial charge on any atom is 0.270 e. The molecule has 0 fully saturated rings. The van der Waals surface area contributed by atoms with Gasteiger partial charge < -0.3 is 15.2 Å². The summed E-state index contributed by atoms with van der Waals surface area (Å²) in [4.78, 5) is 21.8. The first kappa shape index (κ1) is 26.3. The number of nitrogens with one attached hydrogen (secondary N) is 1. The maximum atomic E-state index is 13.3. The van der Waals surface area contributed by atoms with Crippen molar-refractivity contribution in [3.63, 3.8) is 0 Å². The molecule has 1 atom stereocenters. The number of carbonyl (C=O) groups excluding carboxylic acids is 1. The number of hydrogen-bond donors (Lipinski definition) is 2.